The van der Waals surface area contributed by atoms with E-state index in [1.54, 1.807) is 0 Å². The third kappa shape index (κ3) is 3.37. The van der Waals surface area contributed by atoms with Gasteiger partial charge < -0.3 is 18.2 Å². The zero-order valence-electron chi connectivity index (χ0n) is 29.4. The Morgan fingerprint density at radius 3 is 1.95 bits per heavy atom. The summed E-state index contributed by atoms with van der Waals surface area (Å²) >= 11 is 0. The maximum Gasteiger partial charge on any atom is 0.333 e. The minimum Gasteiger partial charge on any atom is -0.455 e. The van der Waals surface area contributed by atoms with Gasteiger partial charge in [0.15, 0.2) is 5.58 Å². The Labute approximate surface area is 314 Å². The zero-order valence-corrected chi connectivity index (χ0v) is 29.4. The van der Waals surface area contributed by atoms with Gasteiger partial charge in [0.05, 0.1) is 22.4 Å². The summed E-state index contributed by atoms with van der Waals surface area (Å²) in [7, 11) is 0. The second-order valence-electron chi connectivity index (χ2n) is 15.1. The first-order chi connectivity index (χ1) is 27.3. The van der Waals surface area contributed by atoms with Gasteiger partial charge in [0.1, 0.15) is 16.7 Å². The summed E-state index contributed by atoms with van der Waals surface area (Å²) in [4.78, 5) is 2.56. The smallest absolute Gasteiger partial charge is 0.333 e. The summed E-state index contributed by atoms with van der Waals surface area (Å²) in [5.41, 5.74) is 14.3. The molecule has 14 rings (SSSR count). The van der Waals surface area contributed by atoms with Gasteiger partial charge in [-0.1, -0.05) is 121 Å². The second kappa shape index (κ2) is 9.84. The van der Waals surface area contributed by atoms with Crippen LogP contribution < -0.4 is 15.7 Å². The van der Waals surface area contributed by atoms with Crippen molar-refractivity contribution in [1.29, 1.82) is 0 Å². The van der Waals surface area contributed by atoms with Crippen molar-refractivity contribution < 1.29 is 8.83 Å². The fraction of sp³-hybridized carbons (Fsp3) is 0. The summed E-state index contributed by atoms with van der Waals surface area (Å²) in [6.07, 6.45) is 0. The van der Waals surface area contributed by atoms with Crippen LogP contribution in [0, 0.1) is 0 Å². The fourth-order valence-electron chi connectivity index (χ4n) is 10.4. The van der Waals surface area contributed by atoms with Crippen molar-refractivity contribution in [1.82, 2.24) is 4.57 Å². The van der Waals surface area contributed by atoms with Crippen LogP contribution in [0.2, 0.25) is 0 Å². The van der Waals surface area contributed by atoms with Crippen LogP contribution in [0.3, 0.4) is 0 Å². The number of benzene rings is 9. The Balaban J connectivity index is 1.23. The van der Waals surface area contributed by atoms with Crippen LogP contribution in [0.4, 0.5) is 11.4 Å². The van der Waals surface area contributed by atoms with Gasteiger partial charge in [-0.3, -0.25) is 0 Å². The monoisotopic (exact) mass is 698 g/mol. The molecular weight excluding hydrogens is 671 g/mol. The van der Waals surface area contributed by atoms with Gasteiger partial charge in [-0.2, -0.15) is 0 Å². The summed E-state index contributed by atoms with van der Waals surface area (Å²) in [6.45, 7) is -0.158. The van der Waals surface area contributed by atoms with E-state index in [0.29, 0.717) is 0 Å². The average Bonchev–Trinajstić information content (AvgIpc) is 3.92. The van der Waals surface area contributed by atoms with E-state index >= 15 is 0 Å². The quantitative estimate of drug-likeness (QED) is 0.160. The molecule has 0 saturated heterocycles. The number of hydrogen-bond donors (Lipinski definition) is 0. The Hall–Kier alpha value is -7.24. The Kier molecular flexibility index (Phi) is 5.06. The number of furan rings is 2. The van der Waals surface area contributed by atoms with Gasteiger partial charge in [-0.15, -0.1) is 0 Å². The average molecular weight is 699 g/mol. The van der Waals surface area contributed by atoms with Crippen molar-refractivity contribution in [3.05, 3.63) is 164 Å². The molecule has 0 radical (unpaired) electrons. The third-order valence-electron chi connectivity index (χ3n) is 12.5. The summed E-state index contributed by atoms with van der Waals surface area (Å²) in [5, 5.41) is 12.0. The highest BCUT2D eigenvalue weighted by Crippen LogP contribution is 2.51. The molecule has 0 saturated carbocycles. The van der Waals surface area contributed by atoms with Gasteiger partial charge in [0.25, 0.3) is 0 Å². The Bertz CT molecular complexity index is 3700. The molecule has 0 amide bonds. The molecule has 0 unspecified atom stereocenters. The number of fused-ring (bicyclic) bond motifs is 18. The van der Waals surface area contributed by atoms with Crippen molar-refractivity contribution in [3.63, 3.8) is 0 Å². The first-order valence-electron chi connectivity index (χ1n) is 19.0. The summed E-state index contributed by atoms with van der Waals surface area (Å²) in [5.74, 6) is 0. The van der Waals surface area contributed by atoms with Crippen molar-refractivity contribution >= 4 is 116 Å². The maximum atomic E-state index is 6.94. The molecule has 5 heterocycles. The molecule has 0 N–H and O–H groups in total. The van der Waals surface area contributed by atoms with E-state index in [9.17, 15) is 0 Å². The van der Waals surface area contributed by atoms with E-state index in [1.807, 2.05) is 0 Å². The van der Waals surface area contributed by atoms with Gasteiger partial charge in [-0.05, 0) is 75.1 Å². The van der Waals surface area contributed by atoms with Crippen molar-refractivity contribution in [2.75, 3.05) is 4.81 Å². The van der Waals surface area contributed by atoms with Crippen LogP contribution in [-0.4, -0.2) is 11.4 Å². The molecule has 0 fully saturated rings. The molecule has 2 aliphatic heterocycles. The van der Waals surface area contributed by atoms with E-state index in [-0.39, 0.29) is 6.85 Å². The fourth-order valence-corrected chi connectivity index (χ4v) is 10.4. The van der Waals surface area contributed by atoms with Crippen LogP contribution in [-0.2, 0) is 0 Å². The Morgan fingerprint density at radius 1 is 0.455 bits per heavy atom. The van der Waals surface area contributed by atoms with Crippen molar-refractivity contribution in [3.8, 4) is 16.8 Å². The van der Waals surface area contributed by atoms with Gasteiger partial charge in [0, 0.05) is 49.0 Å². The lowest BCUT2D eigenvalue weighted by molar-refractivity contribution is 0.668. The molecule has 0 aliphatic carbocycles. The van der Waals surface area contributed by atoms with Gasteiger partial charge in [-0.25, -0.2) is 0 Å². The van der Waals surface area contributed by atoms with Crippen LogP contribution in [0.15, 0.2) is 173 Å². The van der Waals surface area contributed by atoms with Crippen LogP contribution >= 0.6 is 0 Å². The lowest BCUT2D eigenvalue weighted by Gasteiger charge is -2.42. The SMILES string of the molecule is c1ccc2c3c4c(cc2c1)-c1c(ccc2c1oc1ccccc12)N(c1cccc2c1oc1ccccc12)B4c1cccc2c4c5ccccc5ccc4n-3c12. The molecule has 0 spiro atoms. The highest BCUT2D eigenvalue weighted by Gasteiger charge is 2.46. The minimum atomic E-state index is -0.158. The predicted octanol–water partition coefficient (Wildman–Crippen LogP) is 12.1. The molecule has 0 atom stereocenters. The van der Waals surface area contributed by atoms with Crippen LogP contribution in [0.5, 0.6) is 0 Å². The van der Waals surface area contributed by atoms with Crippen LogP contribution in [0.25, 0.3) is 104 Å². The molecule has 55 heavy (non-hydrogen) atoms. The number of nitrogens with zero attached hydrogens (tertiary/aromatic N) is 2. The molecule has 252 valence electrons. The number of aromatic nitrogens is 1. The molecular formula is C50H27BN2O2. The van der Waals surface area contributed by atoms with E-state index < -0.39 is 0 Å². The van der Waals surface area contributed by atoms with E-state index in [1.165, 1.54) is 65.5 Å². The van der Waals surface area contributed by atoms with E-state index in [2.05, 4.69) is 173 Å². The van der Waals surface area contributed by atoms with Crippen molar-refractivity contribution in [2.45, 2.75) is 0 Å². The highest BCUT2D eigenvalue weighted by atomic mass is 16.3. The predicted molar refractivity (Wildman–Crippen MR) is 229 cm³/mol. The van der Waals surface area contributed by atoms with Gasteiger partial charge >= 0.3 is 6.85 Å². The molecule has 5 heteroatoms. The summed E-state index contributed by atoms with van der Waals surface area (Å²) < 4.78 is 16.4. The first kappa shape index (κ1) is 28.3. The van der Waals surface area contributed by atoms with Crippen LogP contribution in [0.1, 0.15) is 0 Å². The summed E-state index contributed by atoms with van der Waals surface area (Å²) in [6, 6.07) is 59.6. The maximum absolute atomic E-state index is 6.94. The largest absolute Gasteiger partial charge is 0.455 e. The zero-order chi connectivity index (χ0) is 35.5. The molecule has 2 aliphatic rings. The normalized spacial score (nSPS) is 13.4. The van der Waals surface area contributed by atoms with E-state index in [4.69, 9.17) is 8.83 Å². The molecule has 9 aromatic carbocycles. The minimum absolute atomic E-state index is 0.158. The molecule has 0 bridgehead atoms. The van der Waals surface area contributed by atoms with Gasteiger partial charge in [0.2, 0.25) is 0 Å². The lowest BCUT2D eigenvalue weighted by atomic mass is 9.43. The van der Waals surface area contributed by atoms with Crippen molar-refractivity contribution in [2.24, 2.45) is 0 Å². The molecule has 3 aromatic heterocycles. The topological polar surface area (TPSA) is 34.5 Å². The highest BCUT2D eigenvalue weighted by molar-refractivity contribution is 6.94. The second-order valence-corrected chi connectivity index (χ2v) is 15.1. The van der Waals surface area contributed by atoms with E-state index in [0.717, 1.165) is 60.8 Å². The standard InChI is InChI=1S/C50H27BN2O2/c1-3-13-30-28(11-1)23-25-39-44(30)36-18-9-19-38-47(36)52(39)48-31-14-4-2-12-29(31)27-37-45-40(26-24-35-33-16-6-8-22-43(33)55-50(35)45)53(51(38)46(37)48)41-20-10-17-34-32-15-5-7-21-42(32)54-49(34)41/h1-27H. The number of hydrogen-bond acceptors (Lipinski definition) is 3. The lowest BCUT2D eigenvalue weighted by Crippen LogP contribution is -2.60. The number of anilines is 2. The number of para-hydroxylation sites is 4. The molecule has 4 nitrogen and oxygen atoms in total. The third-order valence-corrected chi connectivity index (χ3v) is 12.5. The molecule has 12 aromatic rings. The number of rotatable bonds is 1. The Morgan fingerprint density at radius 2 is 1.11 bits per heavy atom. The first-order valence-corrected chi connectivity index (χ1v) is 19.0.